The fourth-order valence-electron chi connectivity index (χ4n) is 6.19. The summed E-state index contributed by atoms with van der Waals surface area (Å²) in [6, 6.07) is 35.4. The minimum Gasteiger partial charge on any atom is -0.256 e. The van der Waals surface area contributed by atoms with Crippen molar-refractivity contribution in [3.63, 3.8) is 0 Å². The molecule has 2 unspecified atom stereocenters. The van der Waals surface area contributed by atoms with E-state index in [2.05, 4.69) is 121 Å². The van der Waals surface area contributed by atoms with E-state index in [4.69, 9.17) is 4.98 Å². The maximum atomic E-state index is 4.98. The van der Waals surface area contributed by atoms with Gasteiger partial charge in [-0.15, -0.1) is 11.8 Å². The zero-order chi connectivity index (χ0) is 24.3. The Kier molecular flexibility index (Phi) is 4.65. The van der Waals surface area contributed by atoms with E-state index >= 15 is 0 Å². The SMILES string of the molecule is C1=CC2Sc3c(-c4cccc(-c5nccc6c7ccccc7c7ccccc7c56)c4)cccc3C2C=C1. The van der Waals surface area contributed by atoms with Crippen molar-refractivity contribution in [1.82, 2.24) is 4.98 Å². The molecule has 0 radical (unpaired) electrons. The third-order valence-corrected chi connectivity index (χ3v) is 9.26. The maximum Gasteiger partial charge on any atom is 0.0786 e. The smallest absolute Gasteiger partial charge is 0.0786 e. The quantitative estimate of drug-likeness (QED) is 0.225. The third-order valence-electron chi connectivity index (χ3n) is 7.84. The molecule has 1 aromatic heterocycles. The summed E-state index contributed by atoms with van der Waals surface area (Å²) in [5, 5.41) is 8.06. The predicted octanol–water partition coefficient (Wildman–Crippen LogP) is 9.56. The van der Waals surface area contributed by atoms with Crippen LogP contribution in [0.25, 0.3) is 54.7 Å². The van der Waals surface area contributed by atoms with Crippen LogP contribution in [0.1, 0.15) is 11.5 Å². The van der Waals surface area contributed by atoms with Crippen LogP contribution in [-0.2, 0) is 0 Å². The molecule has 0 N–H and O–H groups in total. The van der Waals surface area contributed by atoms with Gasteiger partial charge >= 0.3 is 0 Å². The average molecular weight is 490 g/mol. The molecule has 174 valence electrons. The topological polar surface area (TPSA) is 12.9 Å². The van der Waals surface area contributed by atoms with Crippen molar-refractivity contribution in [2.75, 3.05) is 0 Å². The summed E-state index contributed by atoms with van der Waals surface area (Å²) in [5.41, 5.74) is 6.20. The van der Waals surface area contributed by atoms with E-state index in [-0.39, 0.29) is 0 Å². The Labute approximate surface area is 220 Å². The van der Waals surface area contributed by atoms with Gasteiger partial charge in [-0.1, -0.05) is 109 Å². The van der Waals surface area contributed by atoms with E-state index in [1.165, 1.54) is 53.9 Å². The fourth-order valence-corrected chi connectivity index (χ4v) is 7.67. The molecule has 1 aliphatic carbocycles. The highest BCUT2D eigenvalue weighted by molar-refractivity contribution is 8.00. The monoisotopic (exact) mass is 489 g/mol. The van der Waals surface area contributed by atoms with Crippen LogP contribution < -0.4 is 0 Å². The Morgan fingerprint density at radius 2 is 1.27 bits per heavy atom. The first-order valence-corrected chi connectivity index (χ1v) is 13.7. The minimum atomic E-state index is 0.465. The molecule has 0 fully saturated rings. The second-order valence-corrected chi connectivity index (χ2v) is 11.0. The van der Waals surface area contributed by atoms with Crippen LogP contribution in [0.15, 0.2) is 132 Å². The van der Waals surface area contributed by atoms with Crippen LogP contribution in [0.3, 0.4) is 0 Å². The Morgan fingerprint density at radius 3 is 2.11 bits per heavy atom. The molecule has 6 aromatic rings. The van der Waals surface area contributed by atoms with Gasteiger partial charge in [0.15, 0.2) is 0 Å². The van der Waals surface area contributed by atoms with E-state index in [1.54, 1.807) is 0 Å². The number of rotatable bonds is 2. The molecule has 2 heterocycles. The summed E-state index contributed by atoms with van der Waals surface area (Å²) in [7, 11) is 0. The van der Waals surface area contributed by atoms with E-state index in [0.29, 0.717) is 11.2 Å². The summed E-state index contributed by atoms with van der Waals surface area (Å²) < 4.78 is 0. The summed E-state index contributed by atoms with van der Waals surface area (Å²) in [4.78, 5) is 6.39. The highest BCUT2D eigenvalue weighted by atomic mass is 32.2. The van der Waals surface area contributed by atoms with Crippen molar-refractivity contribution < 1.29 is 0 Å². The van der Waals surface area contributed by atoms with Crippen LogP contribution in [-0.4, -0.2) is 10.2 Å². The van der Waals surface area contributed by atoms with Crippen molar-refractivity contribution >= 4 is 44.1 Å². The van der Waals surface area contributed by atoms with Crippen molar-refractivity contribution in [2.45, 2.75) is 16.1 Å². The van der Waals surface area contributed by atoms with Gasteiger partial charge in [0.1, 0.15) is 0 Å². The lowest BCUT2D eigenvalue weighted by Crippen LogP contribution is -2.06. The number of thioether (sulfide) groups is 1. The summed E-state index contributed by atoms with van der Waals surface area (Å²) in [6.07, 6.45) is 11.0. The highest BCUT2D eigenvalue weighted by Crippen LogP contribution is 2.52. The number of benzene rings is 5. The number of allylic oxidation sites excluding steroid dienone is 3. The van der Waals surface area contributed by atoms with Crippen LogP contribution in [0, 0.1) is 0 Å². The van der Waals surface area contributed by atoms with Gasteiger partial charge in [-0.2, -0.15) is 0 Å². The molecule has 5 aromatic carbocycles. The first kappa shape index (κ1) is 21.0. The number of nitrogens with zero attached hydrogens (tertiary/aromatic N) is 1. The summed E-state index contributed by atoms with van der Waals surface area (Å²) in [5.74, 6) is 0.465. The number of aromatic nitrogens is 1. The minimum absolute atomic E-state index is 0.465. The number of hydrogen-bond donors (Lipinski definition) is 0. The largest absolute Gasteiger partial charge is 0.256 e. The second-order valence-electron chi connectivity index (χ2n) is 9.86. The van der Waals surface area contributed by atoms with Gasteiger partial charge in [0.05, 0.1) is 5.69 Å². The molecule has 2 heteroatoms. The first-order valence-electron chi connectivity index (χ1n) is 12.8. The van der Waals surface area contributed by atoms with Gasteiger partial charge in [-0.25, -0.2) is 0 Å². The molecule has 1 aliphatic heterocycles. The molecule has 8 rings (SSSR count). The van der Waals surface area contributed by atoms with E-state index in [0.717, 1.165) is 11.3 Å². The second kappa shape index (κ2) is 8.19. The molecule has 0 amide bonds. The molecule has 0 spiro atoms. The van der Waals surface area contributed by atoms with Crippen LogP contribution in [0.2, 0.25) is 0 Å². The van der Waals surface area contributed by atoms with E-state index in [9.17, 15) is 0 Å². The van der Waals surface area contributed by atoms with Gasteiger partial charge in [-0.3, -0.25) is 4.98 Å². The summed E-state index contributed by atoms with van der Waals surface area (Å²) in [6.45, 7) is 0. The Balaban J connectivity index is 1.36. The Hall–Kier alpha value is -4.14. The lowest BCUT2D eigenvalue weighted by molar-refractivity contribution is 0.881. The first-order chi connectivity index (χ1) is 18.4. The molecular formula is C35H23NS. The van der Waals surface area contributed by atoms with Gasteiger partial charge < -0.3 is 0 Å². The number of pyridine rings is 1. The number of fused-ring (bicyclic) bond motifs is 9. The normalized spacial score (nSPS) is 17.9. The molecule has 0 saturated heterocycles. The molecule has 2 aliphatic rings. The lowest BCUT2D eigenvalue weighted by Gasteiger charge is -2.15. The van der Waals surface area contributed by atoms with Crippen molar-refractivity contribution in [2.24, 2.45) is 0 Å². The zero-order valence-electron chi connectivity index (χ0n) is 20.1. The van der Waals surface area contributed by atoms with E-state index < -0.39 is 0 Å². The van der Waals surface area contributed by atoms with Crippen molar-refractivity contribution in [3.8, 4) is 22.4 Å². The Morgan fingerprint density at radius 1 is 0.595 bits per heavy atom. The molecule has 37 heavy (non-hydrogen) atoms. The van der Waals surface area contributed by atoms with Crippen LogP contribution in [0.4, 0.5) is 0 Å². The van der Waals surface area contributed by atoms with Crippen molar-refractivity contribution in [3.05, 3.63) is 133 Å². The Bertz CT molecular complexity index is 1890. The van der Waals surface area contributed by atoms with Gasteiger partial charge in [0, 0.05) is 33.2 Å². The van der Waals surface area contributed by atoms with E-state index in [1.807, 2.05) is 18.0 Å². The molecule has 0 saturated carbocycles. The zero-order valence-corrected chi connectivity index (χ0v) is 21.0. The molecular weight excluding hydrogens is 466 g/mol. The fraction of sp³-hybridized carbons (Fsp3) is 0.0571. The van der Waals surface area contributed by atoms with Crippen molar-refractivity contribution in [1.29, 1.82) is 0 Å². The van der Waals surface area contributed by atoms with Crippen LogP contribution >= 0.6 is 11.8 Å². The molecule has 0 bridgehead atoms. The number of hydrogen-bond acceptors (Lipinski definition) is 2. The van der Waals surface area contributed by atoms with Gasteiger partial charge in [0.25, 0.3) is 0 Å². The molecule has 2 atom stereocenters. The predicted molar refractivity (Wildman–Crippen MR) is 158 cm³/mol. The molecule has 1 nitrogen and oxygen atoms in total. The maximum absolute atomic E-state index is 4.98. The van der Waals surface area contributed by atoms with Gasteiger partial charge in [0.2, 0.25) is 0 Å². The summed E-state index contributed by atoms with van der Waals surface area (Å²) >= 11 is 2.00. The van der Waals surface area contributed by atoms with Crippen LogP contribution in [0.5, 0.6) is 0 Å². The average Bonchev–Trinajstić information content (AvgIpc) is 3.36. The lowest BCUT2D eigenvalue weighted by atomic mass is 9.89. The standard InChI is InChI=1S/C35H23NS/c1-2-13-27-25(11-1)26-12-3-4-15-29(26)33-30(27)19-20-36-34(33)23-10-7-9-22(21-23)24-16-8-17-31-28-14-5-6-18-32(28)37-35(24)31/h1-21,28,32H. The highest BCUT2D eigenvalue weighted by Gasteiger charge is 2.32. The van der Waals surface area contributed by atoms with Gasteiger partial charge in [-0.05, 0) is 55.8 Å². The third kappa shape index (κ3) is 3.16.